The van der Waals surface area contributed by atoms with Crippen molar-refractivity contribution in [1.29, 1.82) is 5.26 Å². The summed E-state index contributed by atoms with van der Waals surface area (Å²) in [5.74, 6) is 0.613. The number of benzene rings is 1. The SMILES string of the molecule is Cc1cc(S(=O)(=O)N2CCN(c3ncccc3C#N)CC2)ccc1Br. The molecule has 0 saturated carbocycles. The molecule has 0 N–H and O–H groups in total. The summed E-state index contributed by atoms with van der Waals surface area (Å²) in [6.45, 7) is 3.59. The third-order valence-corrected chi connectivity index (χ3v) is 7.00. The second kappa shape index (κ2) is 7.12. The largest absolute Gasteiger partial charge is 0.353 e. The minimum atomic E-state index is -3.52. The van der Waals surface area contributed by atoms with Gasteiger partial charge in [0.25, 0.3) is 0 Å². The van der Waals surface area contributed by atoms with Gasteiger partial charge in [0, 0.05) is 36.8 Å². The number of rotatable bonds is 3. The number of aromatic nitrogens is 1. The molecular weight excluding hydrogens is 404 g/mol. The van der Waals surface area contributed by atoms with Crippen molar-refractivity contribution in [3.63, 3.8) is 0 Å². The predicted molar refractivity (Wildman–Crippen MR) is 98.8 cm³/mol. The van der Waals surface area contributed by atoms with Crippen molar-refractivity contribution in [2.75, 3.05) is 31.1 Å². The molecule has 1 fully saturated rings. The molecule has 8 heteroatoms. The van der Waals surface area contributed by atoms with Gasteiger partial charge in [0.05, 0.1) is 10.5 Å². The summed E-state index contributed by atoms with van der Waals surface area (Å²) in [5, 5.41) is 9.20. The first-order chi connectivity index (χ1) is 11.9. The van der Waals surface area contributed by atoms with Crippen molar-refractivity contribution in [3.8, 4) is 6.07 Å². The molecule has 2 aromatic rings. The van der Waals surface area contributed by atoms with Gasteiger partial charge in [0.1, 0.15) is 11.9 Å². The number of sulfonamides is 1. The average molecular weight is 421 g/mol. The fraction of sp³-hybridized carbons (Fsp3) is 0.294. The zero-order chi connectivity index (χ0) is 18.0. The molecule has 1 aliphatic rings. The van der Waals surface area contributed by atoms with Crippen LogP contribution < -0.4 is 4.90 Å². The summed E-state index contributed by atoms with van der Waals surface area (Å²) in [6.07, 6.45) is 1.64. The van der Waals surface area contributed by atoms with Gasteiger partial charge in [-0.25, -0.2) is 13.4 Å². The number of halogens is 1. The van der Waals surface area contributed by atoms with Crippen LogP contribution in [0, 0.1) is 18.3 Å². The summed E-state index contributed by atoms with van der Waals surface area (Å²) in [7, 11) is -3.52. The first kappa shape index (κ1) is 17.9. The Morgan fingerprint density at radius 3 is 2.56 bits per heavy atom. The van der Waals surface area contributed by atoms with Gasteiger partial charge in [-0.3, -0.25) is 0 Å². The molecule has 0 atom stereocenters. The van der Waals surface area contributed by atoms with Crippen LogP contribution >= 0.6 is 15.9 Å². The first-order valence-electron chi connectivity index (χ1n) is 7.80. The van der Waals surface area contributed by atoms with Gasteiger partial charge in [0.2, 0.25) is 10.0 Å². The quantitative estimate of drug-likeness (QED) is 0.761. The lowest BCUT2D eigenvalue weighted by molar-refractivity contribution is 0.383. The molecule has 0 amide bonds. The van der Waals surface area contributed by atoms with E-state index in [9.17, 15) is 13.7 Å². The lowest BCUT2D eigenvalue weighted by atomic mass is 10.2. The molecule has 0 aliphatic carbocycles. The number of anilines is 1. The number of nitriles is 1. The number of hydrogen-bond acceptors (Lipinski definition) is 5. The molecule has 0 unspecified atom stereocenters. The maximum absolute atomic E-state index is 12.8. The van der Waals surface area contributed by atoms with E-state index in [0.717, 1.165) is 10.0 Å². The Labute approximate surface area is 155 Å². The standard InChI is InChI=1S/C17H17BrN4O2S/c1-13-11-15(4-5-16(13)18)25(23,24)22-9-7-21(8-10-22)17-14(12-19)3-2-6-20-17/h2-6,11H,7-10H2,1H3. The fourth-order valence-corrected chi connectivity index (χ4v) is 4.56. The number of nitrogens with zero attached hydrogens (tertiary/aromatic N) is 4. The maximum atomic E-state index is 12.8. The van der Waals surface area contributed by atoms with E-state index in [2.05, 4.69) is 27.0 Å². The average Bonchev–Trinajstić information content (AvgIpc) is 2.64. The first-order valence-corrected chi connectivity index (χ1v) is 10.0. The Hall–Kier alpha value is -1.95. The highest BCUT2D eigenvalue weighted by Crippen LogP contribution is 2.25. The number of pyridine rings is 1. The third kappa shape index (κ3) is 3.54. The fourth-order valence-electron chi connectivity index (χ4n) is 2.80. The maximum Gasteiger partial charge on any atom is 0.243 e. The molecule has 0 radical (unpaired) electrons. The molecule has 1 saturated heterocycles. The van der Waals surface area contributed by atoms with Crippen LogP contribution in [0.2, 0.25) is 0 Å². The molecule has 1 aromatic heterocycles. The highest BCUT2D eigenvalue weighted by Gasteiger charge is 2.29. The Morgan fingerprint density at radius 2 is 1.92 bits per heavy atom. The van der Waals surface area contributed by atoms with Gasteiger partial charge in [-0.1, -0.05) is 15.9 Å². The van der Waals surface area contributed by atoms with Gasteiger partial charge in [-0.05, 0) is 42.8 Å². The molecule has 130 valence electrons. The molecule has 0 bridgehead atoms. The minimum Gasteiger partial charge on any atom is -0.353 e. The normalized spacial score (nSPS) is 15.8. The minimum absolute atomic E-state index is 0.303. The Morgan fingerprint density at radius 1 is 1.20 bits per heavy atom. The molecular formula is C17H17BrN4O2S. The van der Waals surface area contributed by atoms with Crippen molar-refractivity contribution in [2.24, 2.45) is 0 Å². The Kier molecular flexibility index (Phi) is 5.08. The van der Waals surface area contributed by atoms with Gasteiger partial charge in [-0.15, -0.1) is 0 Å². The molecule has 25 heavy (non-hydrogen) atoms. The highest BCUT2D eigenvalue weighted by atomic mass is 79.9. The predicted octanol–water partition coefficient (Wildman–Crippen LogP) is 2.54. The smallest absolute Gasteiger partial charge is 0.243 e. The van der Waals surface area contributed by atoms with E-state index in [0.29, 0.717) is 42.5 Å². The van der Waals surface area contributed by atoms with Gasteiger partial charge in [0.15, 0.2) is 0 Å². The van der Waals surface area contributed by atoms with E-state index in [1.807, 2.05) is 11.8 Å². The second-order valence-corrected chi connectivity index (χ2v) is 8.58. The summed E-state index contributed by atoms with van der Waals surface area (Å²) < 4.78 is 28.1. The van der Waals surface area contributed by atoms with E-state index in [-0.39, 0.29) is 0 Å². The van der Waals surface area contributed by atoms with Gasteiger partial charge in [-0.2, -0.15) is 9.57 Å². The van der Waals surface area contributed by atoms with Crippen molar-refractivity contribution in [2.45, 2.75) is 11.8 Å². The van der Waals surface area contributed by atoms with Crippen LogP contribution in [0.15, 0.2) is 45.9 Å². The third-order valence-electron chi connectivity index (χ3n) is 4.21. The molecule has 6 nitrogen and oxygen atoms in total. The zero-order valence-electron chi connectivity index (χ0n) is 13.7. The van der Waals surface area contributed by atoms with Crippen molar-refractivity contribution >= 4 is 31.8 Å². The molecule has 3 rings (SSSR count). The summed E-state index contributed by atoms with van der Waals surface area (Å²) in [5.41, 5.74) is 1.38. The summed E-state index contributed by atoms with van der Waals surface area (Å²) in [4.78, 5) is 6.53. The molecule has 1 aliphatic heterocycles. The topological polar surface area (TPSA) is 77.3 Å². The van der Waals surface area contributed by atoms with Gasteiger partial charge >= 0.3 is 0 Å². The van der Waals surface area contributed by atoms with E-state index in [1.54, 1.807) is 36.5 Å². The summed E-state index contributed by atoms with van der Waals surface area (Å²) in [6, 6.07) is 10.6. The van der Waals surface area contributed by atoms with Crippen LogP contribution in [-0.2, 0) is 10.0 Å². The Balaban J connectivity index is 1.77. The summed E-state index contributed by atoms with van der Waals surface area (Å²) >= 11 is 3.39. The van der Waals surface area contributed by atoms with Crippen LogP contribution in [0.3, 0.4) is 0 Å². The van der Waals surface area contributed by atoms with Crippen LogP contribution in [0.4, 0.5) is 5.82 Å². The van der Waals surface area contributed by atoms with E-state index >= 15 is 0 Å². The highest BCUT2D eigenvalue weighted by molar-refractivity contribution is 9.10. The van der Waals surface area contributed by atoms with Crippen LogP contribution in [0.5, 0.6) is 0 Å². The van der Waals surface area contributed by atoms with Crippen LogP contribution in [-0.4, -0.2) is 43.9 Å². The van der Waals surface area contributed by atoms with E-state index in [1.165, 1.54) is 4.31 Å². The van der Waals surface area contributed by atoms with Crippen LogP contribution in [0.25, 0.3) is 0 Å². The van der Waals surface area contributed by atoms with Gasteiger partial charge < -0.3 is 4.90 Å². The van der Waals surface area contributed by atoms with Crippen molar-refractivity contribution in [1.82, 2.24) is 9.29 Å². The number of hydrogen-bond donors (Lipinski definition) is 0. The molecule has 1 aromatic carbocycles. The van der Waals surface area contributed by atoms with Crippen molar-refractivity contribution in [3.05, 3.63) is 52.1 Å². The number of aryl methyl sites for hydroxylation is 1. The van der Waals surface area contributed by atoms with Crippen molar-refractivity contribution < 1.29 is 8.42 Å². The zero-order valence-corrected chi connectivity index (χ0v) is 16.1. The van der Waals surface area contributed by atoms with Crippen LogP contribution in [0.1, 0.15) is 11.1 Å². The molecule has 2 heterocycles. The Bertz CT molecular complexity index is 932. The molecule has 0 spiro atoms. The number of piperazine rings is 1. The van der Waals surface area contributed by atoms with E-state index < -0.39 is 10.0 Å². The monoisotopic (exact) mass is 420 g/mol. The van der Waals surface area contributed by atoms with E-state index in [4.69, 9.17) is 0 Å². The lowest BCUT2D eigenvalue weighted by Crippen LogP contribution is -2.49. The second-order valence-electron chi connectivity index (χ2n) is 5.79. The lowest BCUT2D eigenvalue weighted by Gasteiger charge is -2.35.